The van der Waals surface area contributed by atoms with E-state index in [1.807, 2.05) is 0 Å². The van der Waals surface area contributed by atoms with Gasteiger partial charge in [-0.05, 0) is 128 Å². The smallest absolute Gasteiger partial charge is 0.0541 e. The summed E-state index contributed by atoms with van der Waals surface area (Å²) in [5.41, 5.74) is 19.6. The molecule has 0 radical (unpaired) electrons. The number of benzene rings is 7. The third-order valence-corrected chi connectivity index (χ3v) is 14.0. The zero-order valence-electron chi connectivity index (χ0n) is 33.8. The van der Waals surface area contributed by atoms with Crippen molar-refractivity contribution in [1.29, 1.82) is 0 Å². The van der Waals surface area contributed by atoms with Crippen LogP contribution < -0.4 is 9.80 Å². The van der Waals surface area contributed by atoms with Gasteiger partial charge in [0.2, 0.25) is 0 Å². The van der Waals surface area contributed by atoms with E-state index in [9.17, 15) is 0 Å². The monoisotopic (exact) mass is 736 g/mol. The molecule has 0 N–H and O–H groups in total. The molecule has 2 nitrogen and oxygen atoms in total. The van der Waals surface area contributed by atoms with Gasteiger partial charge in [0.25, 0.3) is 0 Å². The summed E-state index contributed by atoms with van der Waals surface area (Å²) in [7, 11) is 0. The molecular weight excluding hydrogens is 689 g/mol. The Morgan fingerprint density at radius 1 is 0.509 bits per heavy atom. The lowest BCUT2D eigenvalue weighted by atomic mass is 9.56. The number of para-hydroxylation sites is 2. The highest BCUT2D eigenvalue weighted by Gasteiger charge is 2.55. The minimum Gasteiger partial charge on any atom is -0.312 e. The first-order chi connectivity index (χ1) is 27.5. The van der Waals surface area contributed by atoms with Crippen LogP contribution in [0.1, 0.15) is 70.2 Å². The van der Waals surface area contributed by atoms with Gasteiger partial charge in [-0.3, -0.25) is 0 Å². The molecule has 2 heteroatoms. The Kier molecular flexibility index (Phi) is 7.16. The minimum atomic E-state index is -0.250. The Morgan fingerprint density at radius 2 is 1.05 bits per heavy atom. The number of fused-ring (bicyclic) bond motifs is 1. The number of nitrogens with zero attached hydrogens (tertiary/aromatic N) is 2. The first-order valence-electron chi connectivity index (χ1n) is 20.6. The van der Waals surface area contributed by atoms with Crippen molar-refractivity contribution in [3.63, 3.8) is 0 Å². The van der Waals surface area contributed by atoms with Gasteiger partial charge in [0.15, 0.2) is 0 Å². The van der Waals surface area contributed by atoms with Crippen molar-refractivity contribution in [1.82, 2.24) is 0 Å². The van der Waals surface area contributed by atoms with Crippen molar-refractivity contribution in [3.05, 3.63) is 197 Å². The van der Waals surface area contributed by atoms with Crippen LogP contribution in [0.2, 0.25) is 0 Å². The molecule has 0 bridgehead atoms. The summed E-state index contributed by atoms with van der Waals surface area (Å²) in [6.07, 6.45) is 5.97. The van der Waals surface area contributed by atoms with Gasteiger partial charge in [-0.2, -0.15) is 0 Å². The van der Waals surface area contributed by atoms with Gasteiger partial charge < -0.3 is 9.80 Å². The molecule has 7 aromatic rings. The summed E-state index contributed by atoms with van der Waals surface area (Å²) in [6.45, 7) is 14.9. The Bertz CT molecular complexity index is 2790. The van der Waals surface area contributed by atoms with E-state index < -0.39 is 0 Å². The molecule has 1 aliphatic carbocycles. The maximum atomic E-state index is 2.75. The molecule has 7 aromatic carbocycles. The molecule has 0 saturated heterocycles. The van der Waals surface area contributed by atoms with Crippen molar-refractivity contribution in [2.45, 2.75) is 64.2 Å². The summed E-state index contributed by atoms with van der Waals surface area (Å²) in [5, 5.41) is 2.59. The van der Waals surface area contributed by atoms with Gasteiger partial charge in [0, 0.05) is 44.9 Å². The number of hydrogen-bond acceptors (Lipinski definition) is 2. The van der Waals surface area contributed by atoms with Gasteiger partial charge >= 0.3 is 0 Å². The van der Waals surface area contributed by atoms with E-state index in [0.717, 1.165) is 23.5 Å². The van der Waals surface area contributed by atoms with Crippen LogP contribution >= 0.6 is 0 Å². The third kappa shape index (κ3) is 4.77. The van der Waals surface area contributed by atoms with Crippen LogP contribution in [-0.4, -0.2) is 0 Å². The van der Waals surface area contributed by atoms with E-state index in [4.69, 9.17) is 0 Å². The summed E-state index contributed by atoms with van der Waals surface area (Å²) in [5.74, 6) is 0.381. The lowest BCUT2D eigenvalue weighted by Gasteiger charge is -2.59. The highest BCUT2D eigenvalue weighted by atomic mass is 15.2. The van der Waals surface area contributed by atoms with Crippen LogP contribution in [0, 0.1) is 5.92 Å². The molecule has 1 atom stereocenters. The first kappa shape index (κ1) is 34.2. The predicted molar refractivity (Wildman–Crippen MR) is 241 cm³/mol. The average Bonchev–Trinajstić information content (AvgIpc) is 3.23. The van der Waals surface area contributed by atoms with Crippen LogP contribution in [-0.2, 0) is 16.2 Å². The van der Waals surface area contributed by atoms with Gasteiger partial charge in [0.1, 0.15) is 0 Å². The highest BCUT2D eigenvalue weighted by molar-refractivity contribution is 5.99. The summed E-state index contributed by atoms with van der Waals surface area (Å²) >= 11 is 0. The average molecular weight is 737 g/mol. The molecule has 0 fully saturated rings. The summed E-state index contributed by atoms with van der Waals surface area (Å²) in [6, 6.07) is 56.4. The second-order valence-electron chi connectivity index (χ2n) is 18.2. The highest BCUT2D eigenvalue weighted by Crippen LogP contribution is 2.66. The molecule has 278 valence electrons. The lowest BCUT2D eigenvalue weighted by molar-refractivity contribution is 0.336. The van der Waals surface area contributed by atoms with Crippen molar-refractivity contribution >= 4 is 39.2 Å². The molecular formula is C55H48N2. The zero-order valence-corrected chi connectivity index (χ0v) is 33.8. The summed E-state index contributed by atoms with van der Waals surface area (Å²) < 4.78 is 0. The molecule has 1 unspecified atom stereocenters. The molecule has 4 aliphatic rings. The maximum Gasteiger partial charge on any atom is 0.0541 e. The number of anilines is 5. The molecule has 0 saturated carbocycles. The van der Waals surface area contributed by atoms with Crippen LogP contribution in [0.4, 0.5) is 28.4 Å². The van der Waals surface area contributed by atoms with Gasteiger partial charge in [-0.15, -0.1) is 0 Å². The summed E-state index contributed by atoms with van der Waals surface area (Å²) in [4.78, 5) is 5.09. The molecule has 0 amide bonds. The first-order valence-corrected chi connectivity index (χ1v) is 20.6. The fourth-order valence-electron chi connectivity index (χ4n) is 10.9. The molecule has 3 aliphatic heterocycles. The van der Waals surface area contributed by atoms with E-state index >= 15 is 0 Å². The number of rotatable bonds is 5. The molecule has 3 heterocycles. The van der Waals surface area contributed by atoms with Crippen molar-refractivity contribution in [2.24, 2.45) is 5.92 Å². The van der Waals surface area contributed by atoms with Gasteiger partial charge in [-0.1, -0.05) is 145 Å². The van der Waals surface area contributed by atoms with E-state index in [1.54, 1.807) is 0 Å². The standard InChI is InChI=1S/C55H48N2/c1-53(2)44-25-16-26-45-50(44)57-51-46(53)31-37(35-27-29-41(30-28-35)56(39-19-9-7-10-20-39)40-21-11-8-12-22-40)32-47(51)55(5,6)49-34-38(33-48(52(49)57)54(45,3)4)43-24-15-18-36-17-13-14-23-42(36)43/h7-25,27-34,45H,26H2,1-6H3. The fourth-order valence-corrected chi connectivity index (χ4v) is 10.9. The Hall–Kier alpha value is -6.12. The van der Waals surface area contributed by atoms with Crippen LogP contribution in [0.15, 0.2) is 175 Å². The SMILES string of the molecule is CC1(C)C2=C3C(CC=C2)C(C)(C)c2cc(-c4cccc5ccccc45)cc4c2N3c2c1cc(-c1ccc(N(c3ccccc3)c3ccccc3)cc1)cc2C4(C)C. The maximum absolute atomic E-state index is 2.75. The molecule has 11 rings (SSSR count). The Morgan fingerprint density at radius 3 is 1.74 bits per heavy atom. The van der Waals surface area contributed by atoms with E-state index in [2.05, 4.69) is 215 Å². The predicted octanol–water partition coefficient (Wildman–Crippen LogP) is 14.8. The zero-order chi connectivity index (χ0) is 38.8. The van der Waals surface area contributed by atoms with E-state index in [1.165, 1.54) is 77.9 Å². The van der Waals surface area contributed by atoms with Gasteiger partial charge in [-0.25, -0.2) is 0 Å². The normalized spacial score (nSPS) is 18.7. The second kappa shape index (κ2) is 11.9. The third-order valence-electron chi connectivity index (χ3n) is 14.0. The largest absolute Gasteiger partial charge is 0.312 e. The van der Waals surface area contributed by atoms with Crippen LogP contribution in [0.25, 0.3) is 33.0 Å². The number of hydrogen-bond donors (Lipinski definition) is 0. The molecule has 0 spiro atoms. The van der Waals surface area contributed by atoms with Crippen LogP contribution in [0.5, 0.6) is 0 Å². The van der Waals surface area contributed by atoms with E-state index in [-0.39, 0.29) is 16.2 Å². The lowest BCUT2D eigenvalue weighted by Crippen LogP contribution is -2.50. The van der Waals surface area contributed by atoms with E-state index in [0.29, 0.717) is 5.92 Å². The molecule has 0 aromatic heterocycles. The topological polar surface area (TPSA) is 6.48 Å². The van der Waals surface area contributed by atoms with Crippen molar-refractivity contribution in [3.8, 4) is 22.3 Å². The number of allylic oxidation sites excluding steroid dienone is 4. The quantitative estimate of drug-likeness (QED) is 0.174. The van der Waals surface area contributed by atoms with Gasteiger partial charge in [0.05, 0.1) is 11.4 Å². The van der Waals surface area contributed by atoms with Crippen LogP contribution in [0.3, 0.4) is 0 Å². The second-order valence-corrected chi connectivity index (χ2v) is 18.2. The van der Waals surface area contributed by atoms with Crippen molar-refractivity contribution in [2.75, 3.05) is 9.80 Å². The Labute approximate surface area is 337 Å². The minimum absolute atomic E-state index is 0.0528. The Balaban J connectivity index is 1.13. The fraction of sp³-hybridized carbons (Fsp3) is 0.200. The molecule has 57 heavy (non-hydrogen) atoms. The van der Waals surface area contributed by atoms with Crippen molar-refractivity contribution < 1.29 is 0 Å².